The molecule has 0 rings (SSSR count). The number of carboxylic acid groups (broad SMARTS) is 1. The Morgan fingerprint density at radius 2 is 1.02 bits per heavy atom. The van der Waals surface area contributed by atoms with Gasteiger partial charge in [-0.1, -0.05) is 152 Å². The second-order valence-corrected chi connectivity index (χ2v) is 15.6. The van der Waals surface area contributed by atoms with Gasteiger partial charge < -0.3 is 23.8 Å². The number of carbonyl (C=O) groups excluding carboxylic acids is 2. The van der Waals surface area contributed by atoms with Crippen LogP contribution in [-0.2, 0) is 28.6 Å². The van der Waals surface area contributed by atoms with Crippen molar-refractivity contribution in [3.8, 4) is 0 Å². The van der Waals surface area contributed by atoms with Crippen LogP contribution in [0.4, 0.5) is 0 Å². The SMILES string of the molecule is CC/C=C/C/C=C/C/C=C/C/C=C/C/C=C/CCCCCCC(=O)OC(COCCC(C(=O)O)[N+](C)(C)C)COC(=O)CCCCCCCCCCCCC. The topological polar surface area (TPSA) is 99.1 Å². The molecule has 0 aromatic rings. The van der Waals surface area contributed by atoms with Gasteiger partial charge in [-0.2, -0.15) is 0 Å². The molecule has 8 nitrogen and oxygen atoms in total. The highest BCUT2D eigenvalue weighted by atomic mass is 16.6. The lowest BCUT2D eigenvalue weighted by Gasteiger charge is -2.31. The number of hydrogen-bond donors (Lipinski definition) is 1. The summed E-state index contributed by atoms with van der Waals surface area (Å²) in [5.74, 6) is -1.50. The number of aliphatic carboxylic acids is 1. The van der Waals surface area contributed by atoms with Gasteiger partial charge in [0.15, 0.2) is 12.1 Å². The van der Waals surface area contributed by atoms with E-state index in [4.69, 9.17) is 14.2 Å². The van der Waals surface area contributed by atoms with Crippen LogP contribution in [0.25, 0.3) is 0 Å². The number of ether oxygens (including phenoxy) is 3. The fourth-order valence-corrected chi connectivity index (χ4v) is 6.06. The van der Waals surface area contributed by atoms with Gasteiger partial charge in [0, 0.05) is 19.3 Å². The Morgan fingerprint density at radius 3 is 1.51 bits per heavy atom. The zero-order chi connectivity index (χ0) is 40.7. The maximum atomic E-state index is 12.7. The number of nitrogens with zero attached hydrogens (tertiary/aromatic N) is 1. The third-order valence-electron chi connectivity index (χ3n) is 9.43. The molecule has 316 valence electrons. The molecule has 8 heteroatoms. The van der Waals surface area contributed by atoms with E-state index in [9.17, 15) is 19.5 Å². The first-order valence-corrected chi connectivity index (χ1v) is 21.8. The average molecular weight is 773 g/mol. The second kappa shape index (κ2) is 37.9. The van der Waals surface area contributed by atoms with Crippen molar-refractivity contribution in [1.29, 1.82) is 0 Å². The Morgan fingerprint density at radius 1 is 0.564 bits per heavy atom. The fourth-order valence-electron chi connectivity index (χ4n) is 6.06. The molecule has 55 heavy (non-hydrogen) atoms. The Hall–Kier alpha value is -2.97. The molecular weight excluding hydrogens is 691 g/mol. The fraction of sp³-hybridized carbons (Fsp3) is 0.723. The summed E-state index contributed by atoms with van der Waals surface area (Å²) in [6, 6.07) is -0.620. The summed E-state index contributed by atoms with van der Waals surface area (Å²) in [4.78, 5) is 36.9. The van der Waals surface area contributed by atoms with E-state index in [2.05, 4.69) is 74.6 Å². The monoisotopic (exact) mass is 773 g/mol. The number of quaternary nitrogens is 1. The molecule has 0 saturated heterocycles. The van der Waals surface area contributed by atoms with Gasteiger partial charge in [0.2, 0.25) is 0 Å². The molecular formula is C47H82NO7+. The molecule has 1 N–H and O–H groups in total. The summed E-state index contributed by atoms with van der Waals surface area (Å²) in [5.41, 5.74) is 0. The maximum absolute atomic E-state index is 12.7. The van der Waals surface area contributed by atoms with Gasteiger partial charge in [-0.15, -0.1) is 0 Å². The average Bonchev–Trinajstić information content (AvgIpc) is 3.14. The van der Waals surface area contributed by atoms with Crippen LogP contribution in [0.15, 0.2) is 60.8 Å². The van der Waals surface area contributed by atoms with E-state index in [1.807, 2.05) is 21.1 Å². The zero-order valence-corrected chi connectivity index (χ0v) is 35.9. The standard InChI is InChI=1S/C47H81NO7/c1-6-8-10-12-14-16-18-19-20-21-22-23-24-25-26-28-30-32-34-36-38-46(50)55-43(41-53-40-39-44(47(51)52)48(3,4)5)42-54-45(49)37-35-33-31-29-27-17-15-13-11-9-7-2/h8,10,14,16,19-20,22-23,25-26,43-44H,6-7,9,11-13,15,17-18,21,24,27-42H2,1-5H3/p+1/b10-8+,16-14+,20-19+,23-22+,26-25+. The van der Waals surface area contributed by atoms with Gasteiger partial charge in [0.1, 0.15) is 6.61 Å². The predicted molar refractivity (Wildman–Crippen MR) is 229 cm³/mol. The largest absolute Gasteiger partial charge is 0.477 e. The van der Waals surface area contributed by atoms with E-state index in [1.54, 1.807) is 0 Å². The van der Waals surface area contributed by atoms with Crippen molar-refractivity contribution in [3.05, 3.63) is 60.8 Å². The van der Waals surface area contributed by atoms with Crippen molar-refractivity contribution < 1.29 is 38.2 Å². The van der Waals surface area contributed by atoms with Crippen molar-refractivity contribution in [2.45, 2.75) is 180 Å². The number of carboxylic acids is 1. The molecule has 0 bridgehead atoms. The molecule has 0 radical (unpaired) electrons. The number of unbranched alkanes of at least 4 members (excludes halogenated alkanes) is 14. The van der Waals surface area contributed by atoms with E-state index >= 15 is 0 Å². The van der Waals surface area contributed by atoms with Crippen LogP contribution in [-0.4, -0.2) is 80.6 Å². The minimum absolute atomic E-state index is 0.0498. The molecule has 0 aliphatic rings. The highest BCUT2D eigenvalue weighted by molar-refractivity contribution is 5.72. The number of carbonyl (C=O) groups is 3. The van der Waals surface area contributed by atoms with Gasteiger partial charge in [-0.3, -0.25) is 9.59 Å². The Balaban J connectivity index is 4.39. The lowest BCUT2D eigenvalue weighted by Crippen LogP contribution is -2.50. The van der Waals surface area contributed by atoms with E-state index < -0.39 is 18.1 Å². The van der Waals surface area contributed by atoms with Crippen LogP contribution in [0, 0.1) is 0 Å². The van der Waals surface area contributed by atoms with Crippen molar-refractivity contribution >= 4 is 17.9 Å². The summed E-state index contributed by atoms with van der Waals surface area (Å²) in [6.07, 6.45) is 45.5. The summed E-state index contributed by atoms with van der Waals surface area (Å²) < 4.78 is 17.2. The summed E-state index contributed by atoms with van der Waals surface area (Å²) in [6.45, 7) is 4.58. The molecule has 0 fully saturated rings. The molecule has 0 amide bonds. The number of esters is 2. The summed E-state index contributed by atoms with van der Waals surface area (Å²) in [7, 11) is 5.51. The van der Waals surface area contributed by atoms with E-state index in [1.165, 1.54) is 51.4 Å². The van der Waals surface area contributed by atoms with Crippen LogP contribution < -0.4 is 0 Å². The minimum atomic E-state index is -0.881. The molecule has 0 heterocycles. The Bertz CT molecular complexity index is 1090. The normalized spacial score (nSPS) is 13.5. The number of hydrogen-bond acceptors (Lipinski definition) is 6. The van der Waals surface area contributed by atoms with Gasteiger partial charge in [0.25, 0.3) is 0 Å². The lowest BCUT2D eigenvalue weighted by molar-refractivity contribution is -0.887. The Labute approximate surface area is 337 Å². The third-order valence-corrected chi connectivity index (χ3v) is 9.43. The van der Waals surface area contributed by atoms with Gasteiger partial charge >= 0.3 is 17.9 Å². The molecule has 0 aliphatic heterocycles. The smallest absolute Gasteiger partial charge is 0.362 e. The molecule has 0 aliphatic carbocycles. The van der Waals surface area contributed by atoms with Gasteiger partial charge in [-0.05, 0) is 57.8 Å². The lowest BCUT2D eigenvalue weighted by atomic mass is 10.1. The first-order chi connectivity index (χ1) is 26.6. The molecule has 2 atom stereocenters. The molecule has 0 aromatic heterocycles. The summed E-state index contributed by atoms with van der Waals surface area (Å²) >= 11 is 0. The first kappa shape index (κ1) is 52.0. The first-order valence-electron chi connectivity index (χ1n) is 21.8. The Kier molecular flexibility index (Phi) is 35.9. The predicted octanol–water partition coefficient (Wildman–Crippen LogP) is 11.8. The molecule has 0 aromatic carbocycles. The van der Waals surface area contributed by atoms with Gasteiger partial charge in [0.05, 0.1) is 34.4 Å². The van der Waals surface area contributed by atoms with Gasteiger partial charge in [-0.25, -0.2) is 4.79 Å². The minimum Gasteiger partial charge on any atom is -0.477 e. The van der Waals surface area contributed by atoms with Crippen LogP contribution in [0.5, 0.6) is 0 Å². The van der Waals surface area contributed by atoms with E-state index in [0.29, 0.717) is 19.3 Å². The highest BCUT2D eigenvalue weighted by Crippen LogP contribution is 2.14. The summed E-state index contributed by atoms with van der Waals surface area (Å²) in [5, 5.41) is 9.61. The zero-order valence-electron chi connectivity index (χ0n) is 35.9. The maximum Gasteiger partial charge on any atom is 0.362 e. The highest BCUT2D eigenvalue weighted by Gasteiger charge is 2.31. The van der Waals surface area contributed by atoms with Crippen LogP contribution in [0.3, 0.4) is 0 Å². The van der Waals surface area contributed by atoms with E-state index in [0.717, 1.165) is 83.5 Å². The van der Waals surface area contributed by atoms with Crippen molar-refractivity contribution in [2.75, 3.05) is 41.0 Å². The van der Waals surface area contributed by atoms with Crippen molar-refractivity contribution in [3.63, 3.8) is 0 Å². The molecule has 2 unspecified atom stereocenters. The van der Waals surface area contributed by atoms with E-state index in [-0.39, 0.29) is 36.2 Å². The number of rotatable bonds is 38. The van der Waals surface area contributed by atoms with Crippen LogP contribution >= 0.6 is 0 Å². The molecule has 0 spiro atoms. The van der Waals surface area contributed by atoms with Crippen LogP contribution in [0.2, 0.25) is 0 Å². The molecule has 0 saturated carbocycles. The second-order valence-electron chi connectivity index (χ2n) is 15.6. The van der Waals surface area contributed by atoms with Crippen molar-refractivity contribution in [2.24, 2.45) is 0 Å². The quantitative estimate of drug-likeness (QED) is 0.0289. The number of allylic oxidation sites excluding steroid dienone is 10. The number of likely N-dealkylation sites (N-methyl/N-ethyl adjacent to an activating group) is 1. The van der Waals surface area contributed by atoms with Crippen molar-refractivity contribution in [1.82, 2.24) is 0 Å². The van der Waals surface area contributed by atoms with Crippen LogP contribution in [0.1, 0.15) is 168 Å². The third kappa shape index (κ3) is 36.4.